The predicted octanol–water partition coefficient (Wildman–Crippen LogP) is 3.46. The summed E-state index contributed by atoms with van der Waals surface area (Å²) in [5.41, 5.74) is 6.63. The highest BCUT2D eigenvalue weighted by molar-refractivity contribution is 5.79. The zero-order valence-electron chi connectivity index (χ0n) is 18.3. The highest BCUT2D eigenvalue weighted by Crippen LogP contribution is 2.44. The van der Waals surface area contributed by atoms with Gasteiger partial charge in [-0.25, -0.2) is 15.1 Å². The van der Waals surface area contributed by atoms with Gasteiger partial charge in [-0.1, -0.05) is 62.4 Å². The van der Waals surface area contributed by atoms with Crippen LogP contribution in [0.4, 0.5) is 4.79 Å². The summed E-state index contributed by atoms with van der Waals surface area (Å²) >= 11 is 0. The monoisotopic (exact) mass is 440 g/mol. The average Bonchev–Trinajstić information content (AvgIpc) is 3.09. The zero-order chi connectivity index (χ0) is 23.3. The third-order valence-corrected chi connectivity index (χ3v) is 5.55. The van der Waals surface area contributed by atoms with Crippen molar-refractivity contribution in [3.05, 3.63) is 59.7 Å². The number of carboxylic acid groups (broad SMARTS) is 1. The number of carboxylic acids is 1. The van der Waals surface area contributed by atoms with Gasteiger partial charge in [0, 0.05) is 18.4 Å². The second kappa shape index (κ2) is 10.3. The smallest absolute Gasteiger partial charge is 0.407 e. The molecule has 2 aromatic rings. The van der Waals surface area contributed by atoms with E-state index in [1.165, 1.54) is 6.92 Å². The van der Waals surface area contributed by atoms with Gasteiger partial charge in [-0.05, 0) is 35.1 Å². The van der Waals surface area contributed by atoms with E-state index in [-0.39, 0.29) is 24.9 Å². The van der Waals surface area contributed by atoms with Crippen LogP contribution in [0.15, 0.2) is 48.5 Å². The van der Waals surface area contributed by atoms with Crippen molar-refractivity contribution >= 4 is 18.0 Å². The maximum atomic E-state index is 12.5. The lowest BCUT2D eigenvalue weighted by Crippen LogP contribution is -2.43. The number of benzene rings is 2. The largest absolute Gasteiger partial charge is 0.479 e. The molecular formula is C24H28N2O6. The molecule has 0 aromatic heterocycles. The maximum Gasteiger partial charge on any atom is 0.407 e. The van der Waals surface area contributed by atoms with Gasteiger partial charge in [0.1, 0.15) is 6.61 Å². The van der Waals surface area contributed by atoms with E-state index in [1.807, 2.05) is 50.2 Å². The van der Waals surface area contributed by atoms with E-state index in [1.54, 1.807) is 0 Å². The van der Waals surface area contributed by atoms with E-state index in [2.05, 4.69) is 22.9 Å². The van der Waals surface area contributed by atoms with Crippen molar-refractivity contribution in [2.24, 2.45) is 5.92 Å². The summed E-state index contributed by atoms with van der Waals surface area (Å²) in [6, 6.07) is 15.6. The van der Waals surface area contributed by atoms with Crippen LogP contribution >= 0.6 is 0 Å². The van der Waals surface area contributed by atoms with Crippen molar-refractivity contribution in [3.63, 3.8) is 0 Å². The minimum Gasteiger partial charge on any atom is -0.479 e. The van der Waals surface area contributed by atoms with Crippen molar-refractivity contribution in [1.29, 1.82) is 0 Å². The minimum atomic E-state index is -1.19. The number of carbonyl (C=O) groups is 3. The molecule has 0 saturated heterocycles. The normalized spacial score (nSPS) is 14.2. The third kappa shape index (κ3) is 5.45. The Morgan fingerprint density at radius 2 is 1.53 bits per heavy atom. The number of hydrogen-bond acceptors (Lipinski definition) is 5. The van der Waals surface area contributed by atoms with Crippen molar-refractivity contribution in [2.75, 3.05) is 6.61 Å². The minimum absolute atomic E-state index is 0.0557. The van der Waals surface area contributed by atoms with Crippen LogP contribution < -0.4 is 10.8 Å². The molecule has 3 N–H and O–H groups in total. The number of ether oxygens (including phenoxy) is 1. The molecule has 0 fully saturated rings. The second-order valence-corrected chi connectivity index (χ2v) is 8.15. The lowest BCUT2D eigenvalue weighted by Gasteiger charge is -2.22. The molecule has 170 valence electrons. The molecule has 0 saturated carbocycles. The molecule has 0 radical (unpaired) electrons. The molecule has 0 bridgehead atoms. The van der Waals surface area contributed by atoms with Crippen LogP contribution in [-0.4, -0.2) is 41.8 Å². The Labute approximate surface area is 186 Å². The first-order chi connectivity index (χ1) is 15.3. The topological polar surface area (TPSA) is 114 Å². The van der Waals surface area contributed by atoms with Gasteiger partial charge in [-0.3, -0.25) is 9.63 Å². The van der Waals surface area contributed by atoms with Crippen LogP contribution in [0.25, 0.3) is 11.1 Å². The van der Waals surface area contributed by atoms with Gasteiger partial charge >= 0.3 is 12.1 Å². The number of fused-ring (bicyclic) bond motifs is 3. The summed E-state index contributed by atoms with van der Waals surface area (Å²) in [6.07, 6.45) is -1.86. The molecule has 1 aliphatic rings. The van der Waals surface area contributed by atoms with Crippen molar-refractivity contribution in [3.8, 4) is 11.1 Å². The molecule has 2 aromatic carbocycles. The Morgan fingerprint density at radius 1 is 0.969 bits per heavy atom. The fourth-order valence-electron chi connectivity index (χ4n) is 3.69. The summed E-state index contributed by atoms with van der Waals surface area (Å²) < 4.78 is 5.54. The van der Waals surface area contributed by atoms with Gasteiger partial charge in [0.05, 0.1) is 0 Å². The molecule has 2 atom stereocenters. The van der Waals surface area contributed by atoms with Crippen LogP contribution in [-0.2, 0) is 19.2 Å². The van der Waals surface area contributed by atoms with E-state index < -0.39 is 30.1 Å². The Hall–Kier alpha value is -3.39. The Kier molecular flexibility index (Phi) is 7.48. The van der Waals surface area contributed by atoms with Crippen LogP contribution in [0.5, 0.6) is 0 Å². The Bertz CT molecular complexity index is 944. The number of hydroxylamine groups is 1. The van der Waals surface area contributed by atoms with E-state index in [4.69, 9.17) is 14.7 Å². The molecule has 8 nitrogen and oxygen atoms in total. The lowest BCUT2D eigenvalue weighted by molar-refractivity contribution is -0.158. The molecule has 1 aliphatic carbocycles. The number of alkyl carbamates (subject to hydrolysis) is 1. The van der Waals surface area contributed by atoms with Crippen molar-refractivity contribution < 1.29 is 29.1 Å². The number of aliphatic carboxylic acids is 1. The van der Waals surface area contributed by atoms with Gasteiger partial charge in [-0.15, -0.1) is 0 Å². The van der Waals surface area contributed by atoms with E-state index in [9.17, 15) is 14.4 Å². The van der Waals surface area contributed by atoms with Gasteiger partial charge < -0.3 is 15.2 Å². The fourth-order valence-corrected chi connectivity index (χ4v) is 3.69. The number of carbonyl (C=O) groups excluding carboxylic acids is 2. The molecule has 0 aliphatic heterocycles. The number of hydrogen-bond donors (Lipinski definition) is 3. The average molecular weight is 440 g/mol. The first kappa shape index (κ1) is 23.3. The van der Waals surface area contributed by atoms with Crippen LogP contribution in [0.3, 0.4) is 0 Å². The third-order valence-electron chi connectivity index (χ3n) is 5.55. The van der Waals surface area contributed by atoms with Gasteiger partial charge in [0.2, 0.25) is 5.91 Å². The van der Waals surface area contributed by atoms with E-state index in [0.717, 1.165) is 22.3 Å². The molecule has 2 amide bonds. The first-order valence-electron chi connectivity index (χ1n) is 10.6. The van der Waals surface area contributed by atoms with Gasteiger partial charge in [-0.2, -0.15) is 0 Å². The summed E-state index contributed by atoms with van der Waals surface area (Å²) in [7, 11) is 0. The maximum absolute atomic E-state index is 12.5. The molecule has 3 rings (SSSR count). The Morgan fingerprint density at radius 3 is 2.06 bits per heavy atom. The van der Waals surface area contributed by atoms with Crippen LogP contribution in [0.1, 0.15) is 44.2 Å². The quantitative estimate of drug-likeness (QED) is 0.515. The van der Waals surface area contributed by atoms with E-state index in [0.29, 0.717) is 0 Å². The summed E-state index contributed by atoms with van der Waals surface area (Å²) in [5.74, 6) is -1.84. The molecule has 32 heavy (non-hydrogen) atoms. The first-order valence-corrected chi connectivity index (χ1v) is 10.6. The zero-order valence-corrected chi connectivity index (χ0v) is 18.3. The molecule has 1 unspecified atom stereocenters. The van der Waals surface area contributed by atoms with Crippen molar-refractivity contribution in [2.45, 2.75) is 45.3 Å². The number of nitrogens with one attached hydrogen (secondary N) is 2. The fraction of sp³-hybridized carbons (Fsp3) is 0.375. The molecule has 0 spiro atoms. The highest BCUT2D eigenvalue weighted by Gasteiger charge is 2.29. The Balaban J connectivity index is 1.57. The SMILES string of the molecule is CC(ONC(=O)C[C@H](NC(=O)OCC1c2ccccc2-c2ccccc21)C(C)C)C(=O)O. The summed E-state index contributed by atoms with van der Waals surface area (Å²) in [4.78, 5) is 40.2. The number of amides is 2. The van der Waals surface area contributed by atoms with Crippen LogP contribution in [0.2, 0.25) is 0 Å². The molecule has 8 heteroatoms. The molecule has 0 heterocycles. The summed E-state index contributed by atoms with van der Waals surface area (Å²) in [6.45, 7) is 5.21. The van der Waals surface area contributed by atoms with Crippen LogP contribution in [0, 0.1) is 5.92 Å². The van der Waals surface area contributed by atoms with Gasteiger partial charge in [0.25, 0.3) is 0 Å². The predicted molar refractivity (Wildman–Crippen MR) is 118 cm³/mol. The standard InChI is InChI=1S/C24H28N2O6/c1-14(2)21(12-22(27)26-32-15(3)23(28)29)25-24(30)31-13-20-18-10-6-4-8-16(18)17-9-5-7-11-19(17)20/h4-11,14-15,20-21H,12-13H2,1-3H3,(H,25,30)(H,26,27)(H,28,29)/t15?,21-/m0/s1. The van der Waals surface area contributed by atoms with Crippen molar-refractivity contribution in [1.82, 2.24) is 10.8 Å². The molecular weight excluding hydrogens is 412 g/mol. The van der Waals surface area contributed by atoms with E-state index >= 15 is 0 Å². The number of rotatable bonds is 9. The highest BCUT2D eigenvalue weighted by atomic mass is 16.7. The second-order valence-electron chi connectivity index (χ2n) is 8.15. The van der Waals surface area contributed by atoms with Gasteiger partial charge in [0.15, 0.2) is 6.10 Å². The summed E-state index contributed by atoms with van der Waals surface area (Å²) in [5, 5.41) is 11.5. The lowest BCUT2D eigenvalue weighted by atomic mass is 9.98.